The van der Waals surface area contributed by atoms with E-state index in [1.54, 1.807) is 67.8 Å². The molecule has 1 amide bonds. The van der Waals surface area contributed by atoms with Crippen LogP contribution in [0.3, 0.4) is 0 Å². The van der Waals surface area contributed by atoms with Crippen LogP contribution in [0.25, 0.3) is 10.7 Å². The standard InChI is InChI=1S/C22H26N4O5S2/c1-14-20(22(27)26-9-11-31-12-10-26)32-21(23-14)18-13-19(15(2)25(18)3)33(28,29)24-16-5-7-17(30-4)8-6-16/h5-8,13,24H,9-12H2,1-4H3. The third kappa shape index (κ3) is 4.61. The van der Waals surface area contributed by atoms with Gasteiger partial charge in [-0.1, -0.05) is 0 Å². The van der Waals surface area contributed by atoms with Gasteiger partial charge in [-0.2, -0.15) is 0 Å². The number of sulfonamides is 1. The molecule has 2 aromatic heterocycles. The van der Waals surface area contributed by atoms with Crippen LogP contribution in [0.15, 0.2) is 35.2 Å². The topological polar surface area (TPSA) is 103 Å². The fraction of sp³-hybridized carbons (Fsp3) is 0.364. The molecule has 1 fully saturated rings. The van der Waals surface area contributed by atoms with E-state index in [1.165, 1.54) is 11.3 Å². The number of benzene rings is 1. The van der Waals surface area contributed by atoms with Gasteiger partial charge in [0.1, 0.15) is 20.5 Å². The van der Waals surface area contributed by atoms with Gasteiger partial charge in [-0.3, -0.25) is 9.52 Å². The molecule has 3 heterocycles. The number of anilines is 1. The second kappa shape index (κ2) is 9.16. The minimum atomic E-state index is -3.83. The molecule has 9 nitrogen and oxygen atoms in total. The lowest BCUT2D eigenvalue weighted by Crippen LogP contribution is -2.40. The Balaban J connectivity index is 1.63. The third-order valence-electron chi connectivity index (χ3n) is 5.63. The van der Waals surface area contributed by atoms with Crippen LogP contribution in [0.2, 0.25) is 0 Å². The number of nitrogens with one attached hydrogen (secondary N) is 1. The van der Waals surface area contributed by atoms with Gasteiger partial charge < -0.3 is 18.9 Å². The highest BCUT2D eigenvalue weighted by atomic mass is 32.2. The maximum Gasteiger partial charge on any atom is 0.266 e. The molecule has 0 atom stereocenters. The molecule has 1 saturated heterocycles. The molecule has 33 heavy (non-hydrogen) atoms. The molecule has 0 saturated carbocycles. The smallest absolute Gasteiger partial charge is 0.266 e. The van der Waals surface area contributed by atoms with Crippen molar-refractivity contribution in [1.29, 1.82) is 0 Å². The van der Waals surface area contributed by atoms with Gasteiger partial charge in [0.25, 0.3) is 15.9 Å². The summed E-state index contributed by atoms with van der Waals surface area (Å²) >= 11 is 1.28. The highest BCUT2D eigenvalue weighted by molar-refractivity contribution is 7.92. The summed E-state index contributed by atoms with van der Waals surface area (Å²) in [6, 6.07) is 8.26. The number of carbonyl (C=O) groups is 1. The van der Waals surface area contributed by atoms with E-state index in [4.69, 9.17) is 9.47 Å². The number of rotatable bonds is 6. The summed E-state index contributed by atoms with van der Waals surface area (Å²) in [5.41, 5.74) is 2.27. The number of amides is 1. The first-order valence-electron chi connectivity index (χ1n) is 10.4. The van der Waals surface area contributed by atoms with Gasteiger partial charge in [0, 0.05) is 31.5 Å². The van der Waals surface area contributed by atoms with Crippen molar-refractivity contribution in [3.05, 3.63) is 46.6 Å². The Labute approximate surface area is 197 Å². The van der Waals surface area contributed by atoms with E-state index in [2.05, 4.69) is 9.71 Å². The largest absolute Gasteiger partial charge is 0.497 e. The van der Waals surface area contributed by atoms with Crippen molar-refractivity contribution < 1.29 is 22.7 Å². The summed E-state index contributed by atoms with van der Waals surface area (Å²) in [5, 5.41) is 0.598. The van der Waals surface area contributed by atoms with Gasteiger partial charge in [0.15, 0.2) is 0 Å². The number of thiazole rings is 1. The lowest BCUT2D eigenvalue weighted by Gasteiger charge is -2.26. The fourth-order valence-corrected chi connectivity index (χ4v) is 6.07. The summed E-state index contributed by atoms with van der Waals surface area (Å²) in [5.74, 6) is 0.567. The molecule has 0 bridgehead atoms. The van der Waals surface area contributed by atoms with Gasteiger partial charge in [0.05, 0.1) is 31.7 Å². The fourth-order valence-electron chi connectivity index (χ4n) is 3.63. The lowest BCUT2D eigenvalue weighted by molar-refractivity contribution is 0.0305. The average Bonchev–Trinajstić information content (AvgIpc) is 3.34. The normalized spacial score (nSPS) is 14.4. The molecule has 0 spiro atoms. The van der Waals surface area contributed by atoms with Crippen LogP contribution < -0.4 is 9.46 Å². The molecule has 1 aromatic carbocycles. The van der Waals surface area contributed by atoms with Crippen molar-refractivity contribution in [2.24, 2.45) is 7.05 Å². The van der Waals surface area contributed by atoms with Crippen molar-refractivity contribution in [1.82, 2.24) is 14.5 Å². The molecule has 1 aliphatic rings. The van der Waals surface area contributed by atoms with Crippen LogP contribution in [0.1, 0.15) is 21.1 Å². The number of hydrogen-bond acceptors (Lipinski definition) is 7. The first-order valence-corrected chi connectivity index (χ1v) is 12.7. The monoisotopic (exact) mass is 490 g/mol. The van der Waals surface area contributed by atoms with Gasteiger partial charge >= 0.3 is 0 Å². The van der Waals surface area contributed by atoms with Crippen molar-refractivity contribution in [3.8, 4) is 16.5 Å². The Kier molecular flexibility index (Phi) is 6.46. The highest BCUT2D eigenvalue weighted by Crippen LogP contribution is 2.33. The van der Waals surface area contributed by atoms with Crippen LogP contribution in [0, 0.1) is 13.8 Å². The van der Waals surface area contributed by atoms with E-state index in [-0.39, 0.29) is 10.8 Å². The molecular formula is C22H26N4O5S2. The maximum atomic E-state index is 13.1. The zero-order valence-electron chi connectivity index (χ0n) is 18.9. The first kappa shape index (κ1) is 23.3. The van der Waals surface area contributed by atoms with E-state index < -0.39 is 10.0 Å². The van der Waals surface area contributed by atoms with Gasteiger partial charge in [-0.25, -0.2) is 13.4 Å². The van der Waals surface area contributed by atoms with Crippen LogP contribution in [-0.4, -0.2) is 62.2 Å². The van der Waals surface area contributed by atoms with E-state index in [0.29, 0.717) is 64.7 Å². The number of hydrogen-bond donors (Lipinski definition) is 1. The molecule has 11 heteroatoms. The molecule has 3 aromatic rings. The molecular weight excluding hydrogens is 464 g/mol. The summed E-state index contributed by atoms with van der Waals surface area (Å²) in [6.07, 6.45) is 0. The number of nitrogens with zero attached hydrogens (tertiary/aromatic N) is 3. The van der Waals surface area contributed by atoms with Gasteiger partial charge in [0.2, 0.25) is 0 Å². The second-order valence-corrected chi connectivity index (χ2v) is 10.4. The van der Waals surface area contributed by atoms with E-state index in [9.17, 15) is 13.2 Å². The molecule has 0 unspecified atom stereocenters. The Morgan fingerprint density at radius 2 is 1.85 bits per heavy atom. The van der Waals surface area contributed by atoms with Crippen molar-refractivity contribution in [2.45, 2.75) is 18.7 Å². The van der Waals surface area contributed by atoms with Crippen molar-refractivity contribution in [3.63, 3.8) is 0 Å². The predicted octanol–water partition coefficient (Wildman–Crippen LogP) is 3.05. The number of methoxy groups -OCH3 is 1. The quantitative estimate of drug-likeness (QED) is 0.570. The van der Waals surface area contributed by atoms with E-state index in [1.807, 2.05) is 0 Å². The molecule has 4 rings (SSSR count). The highest BCUT2D eigenvalue weighted by Gasteiger charge is 2.27. The van der Waals surface area contributed by atoms with Crippen molar-refractivity contribution in [2.75, 3.05) is 38.1 Å². The predicted molar refractivity (Wildman–Crippen MR) is 127 cm³/mol. The first-order chi connectivity index (χ1) is 15.7. The Hall–Kier alpha value is -2.89. The molecule has 1 N–H and O–H groups in total. The van der Waals surface area contributed by atoms with Gasteiger partial charge in [-0.15, -0.1) is 11.3 Å². The summed E-state index contributed by atoms with van der Waals surface area (Å²) in [4.78, 5) is 20.0. The average molecular weight is 491 g/mol. The SMILES string of the molecule is COc1ccc(NS(=O)(=O)c2cc(-c3nc(C)c(C(=O)N4CCOCC4)s3)n(C)c2C)cc1. The minimum Gasteiger partial charge on any atom is -0.497 e. The number of ether oxygens (including phenoxy) is 2. The van der Waals surface area contributed by atoms with Crippen molar-refractivity contribution >= 4 is 33.0 Å². The number of aryl methyl sites for hydroxylation is 1. The lowest BCUT2D eigenvalue weighted by atomic mass is 10.3. The number of aromatic nitrogens is 2. The summed E-state index contributed by atoms with van der Waals surface area (Å²) in [6.45, 7) is 5.69. The zero-order valence-corrected chi connectivity index (χ0v) is 20.5. The van der Waals surface area contributed by atoms with Gasteiger partial charge in [-0.05, 0) is 44.2 Å². The Bertz CT molecular complexity index is 1270. The summed E-state index contributed by atoms with van der Waals surface area (Å²) in [7, 11) is -0.495. The van der Waals surface area contributed by atoms with Crippen LogP contribution in [0.5, 0.6) is 5.75 Å². The molecule has 0 aliphatic carbocycles. The maximum absolute atomic E-state index is 13.1. The van der Waals surface area contributed by atoms with Crippen LogP contribution in [-0.2, 0) is 21.8 Å². The van der Waals surface area contributed by atoms with Crippen LogP contribution in [0.4, 0.5) is 5.69 Å². The Morgan fingerprint density at radius 1 is 1.18 bits per heavy atom. The minimum absolute atomic E-state index is 0.0699. The number of carbonyl (C=O) groups excluding carboxylic acids is 1. The zero-order chi connectivity index (χ0) is 23.8. The second-order valence-electron chi connectivity index (χ2n) is 7.71. The molecule has 0 radical (unpaired) electrons. The molecule has 1 aliphatic heterocycles. The summed E-state index contributed by atoms with van der Waals surface area (Å²) < 4.78 is 41.1. The molecule has 176 valence electrons. The third-order valence-corrected chi connectivity index (χ3v) is 8.29. The number of morpholine rings is 1. The van der Waals surface area contributed by atoms with E-state index >= 15 is 0 Å². The van der Waals surface area contributed by atoms with Crippen LogP contribution >= 0.6 is 11.3 Å². The Morgan fingerprint density at radius 3 is 2.48 bits per heavy atom. The van der Waals surface area contributed by atoms with E-state index in [0.717, 1.165) is 0 Å².